The minimum absolute atomic E-state index is 0.00534. The van der Waals surface area contributed by atoms with Gasteiger partial charge in [0.25, 0.3) is 11.6 Å². The van der Waals surface area contributed by atoms with Gasteiger partial charge in [-0.2, -0.15) is 13.2 Å². The largest absolute Gasteiger partial charge is 0.456 e. The summed E-state index contributed by atoms with van der Waals surface area (Å²) < 4.78 is 44.8. The number of alkyl halides is 3. The number of furan rings is 1. The molecule has 0 atom stereocenters. The van der Waals surface area contributed by atoms with Crippen LogP contribution in [0.5, 0.6) is 0 Å². The average Bonchev–Trinajstić information content (AvgIpc) is 3.32. The van der Waals surface area contributed by atoms with Gasteiger partial charge in [0.2, 0.25) is 0 Å². The zero-order chi connectivity index (χ0) is 23.0. The first-order chi connectivity index (χ1) is 15.1. The molecule has 162 valence electrons. The van der Waals surface area contributed by atoms with Gasteiger partial charge in [-0.15, -0.1) is 0 Å². The van der Waals surface area contributed by atoms with Crippen molar-refractivity contribution in [2.45, 2.75) is 6.18 Å². The van der Waals surface area contributed by atoms with Crippen LogP contribution in [0.25, 0.3) is 17.4 Å². The lowest BCUT2D eigenvalue weighted by Crippen LogP contribution is -2.27. The zero-order valence-electron chi connectivity index (χ0n) is 15.8. The van der Waals surface area contributed by atoms with E-state index in [1.807, 2.05) is 0 Å². The quantitative estimate of drug-likeness (QED) is 0.191. The van der Waals surface area contributed by atoms with Crippen molar-refractivity contribution in [1.29, 1.82) is 0 Å². The number of para-hydroxylation sites is 1. The summed E-state index contributed by atoms with van der Waals surface area (Å²) in [5.74, 6) is -0.123. The van der Waals surface area contributed by atoms with Crippen LogP contribution in [-0.2, 0) is 11.0 Å². The fraction of sp³-hybridized carbons (Fsp3) is 0.0476. The highest BCUT2D eigenvalue weighted by molar-refractivity contribution is 8.27. The molecule has 0 bridgehead atoms. The Morgan fingerprint density at radius 2 is 1.84 bits per heavy atom. The Labute approximate surface area is 188 Å². The van der Waals surface area contributed by atoms with Gasteiger partial charge < -0.3 is 4.42 Å². The van der Waals surface area contributed by atoms with Gasteiger partial charge in [-0.3, -0.25) is 19.8 Å². The highest BCUT2D eigenvalue weighted by atomic mass is 32.2. The van der Waals surface area contributed by atoms with Gasteiger partial charge in [0.1, 0.15) is 11.5 Å². The molecule has 2 aromatic carbocycles. The molecule has 1 aliphatic heterocycles. The van der Waals surface area contributed by atoms with E-state index in [1.165, 1.54) is 48.5 Å². The van der Waals surface area contributed by atoms with E-state index in [0.29, 0.717) is 0 Å². The predicted octanol–water partition coefficient (Wildman–Crippen LogP) is 6.28. The topological polar surface area (TPSA) is 76.6 Å². The van der Waals surface area contributed by atoms with Crippen molar-refractivity contribution in [3.05, 3.63) is 87.0 Å². The molecule has 0 unspecified atom stereocenters. The number of carbonyl (C=O) groups excluding carboxylic acids is 1. The van der Waals surface area contributed by atoms with Crippen molar-refractivity contribution in [1.82, 2.24) is 0 Å². The molecule has 2 heterocycles. The van der Waals surface area contributed by atoms with Crippen LogP contribution in [0.2, 0.25) is 0 Å². The second-order valence-corrected chi connectivity index (χ2v) is 8.22. The maximum Gasteiger partial charge on any atom is 0.416 e. The highest BCUT2D eigenvalue weighted by Crippen LogP contribution is 2.39. The third kappa shape index (κ3) is 4.16. The summed E-state index contributed by atoms with van der Waals surface area (Å²) in [4.78, 5) is 24.7. The third-order valence-electron chi connectivity index (χ3n) is 4.49. The Bertz CT molecular complexity index is 1280. The number of hydrogen-bond donors (Lipinski definition) is 0. The van der Waals surface area contributed by atoms with E-state index < -0.39 is 22.6 Å². The number of nitro benzene ring substituents is 1. The minimum Gasteiger partial charge on any atom is -0.456 e. The first-order valence-corrected chi connectivity index (χ1v) is 10.2. The molecule has 4 rings (SSSR count). The van der Waals surface area contributed by atoms with E-state index >= 15 is 0 Å². The molecule has 32 heavy (non-hydrogen) atoms. The van der Waals surface area contributed by atoms with Crippen molar-refractivity contribution < 1.29 is 27.3 Å². The molecule has 1 amide bonds. The number of carbonyl (C=O) groups is 1. The van der Waals surface area contributed by atoms with Gasteiger partial charge in [0.15, 0.2) is 4.32 Å². The van der Waals surface area contributed by atoms with Crippen molar-refractivity contribution >= 4 is 51.7 Å². The molecule has 0 spiro atoms. The average molecular weight is 476 g/mol. The molecule has 0 N–H and O–H groups in total. The number of thiocarbonyl (C=S) groups is 1. The molecule has 0 saturated carbocycles. The van der Waals surface area contributed by atoms with Gasteiger partial charge in [-0.1, -0.05) is 42.2 Å². The number of benzene rings is 2. The van der Waals surface area contributed by atoms with Crippen LogP contribution < -0.4 is 4.90 Å². The van der Waals surface area contributed by atoms with E-state index in [-0.39, 0.29) is 37.7 Å². The molecular weight excluding hydrogens is 465 g/mol. The molecule has 1 aliphatic rings. The van der Waals surface area contributed by atoms with Gasteiger partial charge in [-0.05, 0) is 36.4 Å². The summed E-state index contributed by atoms with van der Waals surface area (Å²) in [6.45, 7) is 0. The Morgan fingerprint density at radius 1 is 1.09 bits per heavy atom. The van der Waals surface area contributed by atoms with Crippen LogP contribution in [0.4, 0.5) is 24.5 Å². The molecule has 0 aliphatic carbocycles. The van der Waals surface area contributed by atoms with Crippen molar-refractivity contribution in [2.24, 2.45) is 0 Å². The summed E-state index contributed by atoms with van der Waals surface area (Å²) in [7, 11) is 0. The van der Waals surface area contributed by atoms with E-state index in [4.69, 9.17) is 16.6 Å². The maximum absolute atomic E-state index is 13.0. The van der Waals surface area contributed by atoms with Gasteiger partial charge in [-0.25, -0.2) is 0 Å². The SMILES string of the molecule is O=C1/C(=C/c2ccc(-c3ccccc3[N+](=O)[O-])o2)SC(=S)N1c1cccc(C(F)(F)F)c1. The van der Waals surface area contributed by atoms with Crippen molar-refractivity contribution in [3.63, 3.8) is 0 Å². The summed E-state index contributed by atoms with van der Waals surface area (Å²) >= 11 is 6.11. The monoisotopic (exact) mass is 476 g/mol. The molecule has 3 aromatic rings. The number of halogens is 3. The fourth-order valence-corrected chi connectivity index (χ4v) is 4.34. The number of rotatable bonds is 4. The maximum atomic E-state index is 13.0. The second-order valence-electron chi connectivity index (χ2n) is 6.54. The first-order valence-electron chi connectivity index (χ1n) is 8.94. The Hall–Kier alpha value is -3.44. The normalized spacial score (nSPS) is 15.6. The van der Waals surface area contributed by atoms with Crippen LogP contribution in [0.3, 0.4) is 0 Å². The molecule has 0 radical (unpaired) electrons. The molecular formula is C21H11F3N2O4S2. The summed E-state index contributed by atoms with van der Waals surface area (Å²) in [6, 6.07) is 13.4. The van der Waals surface area contributed by atoms with Crippen LogP contribution >= 0.6 is 24.0 Å². The number of anilines is 1. The lowest BCUT2D eigenvalue weighted by atomic mass is 10.1. The Kier molecular flexibility index (Phi) is 5.61. The zero-order valence-corrected chi connectivity index (χ0v) is 17.5. The summed E-state index contributed by atoms with van der Waals surface area (Å²) in [5.41, 5.74) is -0.753. The first kappa shape index (κ1) is 21.8. The van der Waals surface area contributed by atoms with E-state index in [1.54, 1.807) is 6.07 Å². The van der Waals surface area contributed by atoms with E-state index in [9.17, 15) is 28.1 Å². The second kappa shape index (κ2) is 8.24. The van der Waals surface area contributed by atoms with Crippen LogP contribution in [0.1, 0.15) is 11.3 Å². The van der Waals surface area contributed by atoms with Crippen LogP contribution in [0.15, 0.2) is 70.0 Å². The Balaban J connectivity index is 1.63. The summed E-state index contributed by atoms with van der Waals surface area (Å²) in [5, 5.41) is 11.2. The molecule has 1 fully saturated rings. The molecule has 1 aromatic heterocycles. The minimum atomic E-state index is -4.56. The van der Waals surface area contributed by atoms with Crippen molar-refractivity contribution in [2.75, 3.05) is 4.90 Å². The molecule has 11 heteroatoms. The third-order valence-corrected chi connectivity index (χ3v) is 5.79. The standard InChI is InChI=1S/C21H11F3N2O4S2/c22-21(23,24)12-4-3-5-13(10-12)25-19(27)18(32-20(25)31)11-14-8-9-17(30-14)15-6-1-2-7-16(15)26(28)29/h1-11H/b18-11-. The number of nitrogens with zero attached hydrogens (tertiary/aromatic N) is 2. The summed E-state index contributed by atoms with van der Waals surface area (Å²) in [6.07, 6.45) is -3.16. The molecule has 6 nitrogen and oxygen atoms in total. The lowest BCUT2D eigenvalue weighted by molar-refractivity contribution is -0.384. The van der Waals surface area contributed by atoms with E-state index in [2.05, 4.69) is 0 Å². The smallest absolute Gasteiger partial charge is 0.416 e. The molecule has 1 saturated heterocycles. The fourth-order valence-electron chi connectivity index (χ4n) is 3.06. The number of thioether (sulfide) groups is 1. The van der Waals surface area contributed by atoms with E-state index in [0.717, 1.165) is 28.8 Å². The highest BCUT2D eigenvalue weighted by Gasteiger charge is 2.36. The van der Waals surface area contributed by atoms with Crippen LogP contribution in [-0.4, -0.2) is 15.2 Å². The predicted molar refractivity (Wildman–Crippen MR) is 118 cm³/mol. The van der Waals surface area contributed by atoms with Crippen molar-refractivity contribution in [3.8, 4) is 11.3 Å². The number of hydrogen-bond acceptors (Lipinski definition) is 6. The Morgan fingerprint density at radius 3 is 2.56 bits per heavy atom. The van der Waals surface area contributed by atoms with Crippen LogP contribution in [0, 0.1) is 10.1 Å². The number of nitro groups is 1. The van der Waals surface area contributed by atoms with Gasteiger partial charge in [0.05, 0.1) is 26.6 Å². The van der Waals surface area contributed by atoms with Gasteiger partial charge >= 0.3 is 6.18 Å². The van der Waals surface area contributed by atoms with Gasteiger partial charge in [0, 0.05) is 12.1 Å². The number of amides is 1. The lowest BCUT2D eigenvalue weighted by Gasteiger charge is -2.16.